The Hall–Kier alpha value is -2.67. The second-order valence-electron chi connectivity index (χ2n) is 6.56. The van der Waals surface area contributed by atoms with E-state index in [4.69, 9.17) is 8.94 Å². The van der Waals surface area contributed by atoms with Gasteiger partial charge < -0.3 is 19.6 Å². The second-order valence-corrected chi connectivity index (χ2v) is 6.56. The number of rotatable bonds is 4. The fourth-order valence-corrected chi connectivity index (χ4v) is 3.12. The maximum atomic E-state index is 12.8. The minimum atomic E-state index is -0.135. The molecule has 0 aromatic carbocycles. The summed E-state index contributed by atoms with van der Waals surface area (Å²) in [5.41, 5.74) is 3.05. The average molecular weight is 340 g/mol. The zero-order valence-electron chi connectivity index (χ0n) is 14.5. The van der Waals surface area contributed by atoms with E-state index in [1.807, 2.05) is 26.8 Å². The summed E-state index contributed by atoms with van der Waals surface area (Å²) in [6.45, 7) is 8.11. The molecule has 7 nitrogen and oxygen atoms in total. The summed E-state index contributed by atoms with van der Waals surface area (Å²) in [6, 6.07) is 3.70. The van der Waals surface area contributed by atoms with E-state index in [1.54, 1.807) is 6.07 Å². The molecule has 1 saturated heterocycles. The van der Waals surface area contributed by atoms with Crippen molar-refractivity contribution in [2.24, 2.45) is 5.92 Å². The lowest BCUT2D eigenvalue weighted by Crippen LogP contribution is -2.48. The number of hydrogen-bond acceptors (Lipinski definition) is 6. The van der Waals surface area contributed by atoms with E-state index >= 15 is 0 Å². The van der Waals surface area contributed by atoms with Gasteiger partial charge in [-0.1, -0.05) is 5.16 Å². The molecule has 1 amide bonds. The molecule has 0 aliphatic carbocycles. The highest BCUT2D eigenvalue weighted by atomic mass is 16.5. The van der Waals surface area contributed by atoms with Gasteiger partial charge in [-0.05, 0) is 32.9 Å². The van der Waals surface area contributed by atoms with Gasteiger partial charge in [0.2, 0.25) is 0 Å². The smallest absolute Gasteiger partial charge is 0.259 e. The van der Waals surface area contributed by atoms with E-state index in [0.717, 1.165) is 30.2 Å². The average Bonchev–Trinajstić information content (AvgIpc) is 3.07. The number of pyridine rings is 1. The standard InChI is InChI=1S/C18H20N4O3/c1-9-4-13(11(3)24-9)15-5-14(16-10(2)22-25-18(16)21-15)17(23)20-8-12-6-19-7-12/h4-5,12,19H,6-8H2,1-3H3,(H,20,23). The van der Waals surface area contributed by atoms with E-state index in [1.165, 1.54) is 0 Å². The monoisotopic (exact) mass is 340 g/mol. The van der Waals surface area contributed by atoms with Crippen LogP contribution in [-0.4, -0.2) is 35.7 Å². The van der Waals surface area contributed by atoms with Crippen molar-refractivity contribution in [3.8, 4) is 11.3 Å². The van der Waals surface area contributed by atoms with Gasteiger partial charge in [0, 0.05) is 31.1 Å². The molecule has 0 atom stereocenters. The largest absolute Gasteiger partial charge is 0.466 e. The third kappa shape index (κ3) is 2.80. The maximum Gasteiger partial charge on any atom is 0.259 e. The summed E-state index contributed by atoms with van der Waals surface area (Å²) in [5.74, 6) is 1.91. The Morgan fingerprint density at radius 1 is 1.32 bits per heavy atom. The van der Waals surface area contributed by atoms with Gasteiger partial charge in [-0.2, -0.15) is 0 Å². The SMILES string of the molecule is Cc1cc(-c2cc(C(=O)NCC3CNC3)c3c(C)noc3n2)c(C)o1. The normalized spacial score (nSPS) is 14.7. The number of fused-ring (bicyclic) bond motifs is 1. The van der Waals surface area contributed by atoms with Crippen LogP contribution < -0.4 is 10.6 Å². The van der Waals surface area contributed by atoms with Gasteiger partial charge in [-0.3, -0.25) is 4.79 Å². The predicted octanol–water partition coefficient (Wildman–Crippen LogP) is 2.36. The molecule has 0 radical (unpaired) electrons. The van der Waals surface area contributed by atoms with Gasteiger partial charge >= 0.3 is 0 Å². The molecule has 0 spiro atoms. The Kier molecular flexibility index (Phi) is 3.80. The number of furan rings is 1. The van der Waals surface area contributed by atoms with Crippen LogP contribution in [0.4, 0.5) is 0 Å². The highest BCUT2D eigenvalue weighted by Gasteiger charge is 2.22. The second kappa shape index (κ2) is 6.00. The van der Waals surface area contributed by atoms with Crippen LogP contribution >= 0.6 is 0 Å². The van der Waals surface area contributed by atoms with Crippen molar-refractivity contribution in [1.29, 1.82) is 0 Å². The van der Waals surface area contributed by atoms with Crippen LogP contribution in [0.1, 0.15) is 27.6 Å². The van der Waals surface area contributed by atoms with Crippen molar-refractivity contribution in [1.82, 2.24) is 20.8 Å². The lowest BCUT2D eigenvalue weighted by Gasteiger charge is -2.27. The van der Waals surface area contributed by atoms with Crippen molar-refractivity contribution in [2.45, 2.75) is 20.8 Å². The summed E-state index contributed by atoms with van der Waals surface area (Å²) < 4.78 is 10.9. The Labute approximate surface area is 144 Å². The molecule has 0 bridgehead atoms. The first-order valence-corrected chi connectivity index (χ1v) is 8.36. The molecule has 0 saturated carbocycles. The zero-order valence-corrected chi connectivity index (χ0v) is 14.5. The summed E-state index contributed by atoms with van der Waals surface area (Å²) in [5, 5.41) is 10.8. The van der Waals surface area contributed by atoms with Crippen LogP contribution in [0.2, 0.25) is 0 Å². The van der Waals surface area contributed by atoms with Crippen molar-refractivity contribution >= 4 is 17.0 Å². The van der Waals surface area contributed by atoms with Crippen molar-refractivity contribution < 1.29 is 13.7 Å². The van der Waals surface area contributed by atoms with Gasteiger partial charge in [-0.15, -0.1) is 0 Å². The molecule has 4 heterocycles. The molecule has 1 aliphatic heterocycles. The summed E-state index contributed by atoms with van der Waals surface area (Å²) in [4.78, 5) is 17.3. The van der Waals surface area contributed by atoms with E-state index in [9.17, 15) is 4.79 Å². The van der Waals surface area contributed by atoms with Crippen LogP contribution in [-0.2, 0) is 0 Å². The summed E-state index contributed by atoms with van der Waals surface area (Å²) >= 11 is 0. The third-order valence-corrected chi connectivity index (χ3v) is 4.60. The van der Waals surface area contributed by atoms with Crippen LogP contribution in [0.25, 0.3) is 22.4 Å². The fourth-order valence-electron chi connectivity index (χ4n) is 3.12. The summed E-state index contributed by atoms with van der Waals surface area (Å²) in [6.07, 6.45) is 0. The highest BCUT2D eigenvalue weighted by Crippen LogP contribution is 2.30. The molecule has 2 N–H and O–H groups in total. The van der Waals surface area contributed by atoms with E-state index in [-0.39, 0.29) is 5.91 Å². The molecule has 7 heteroatoms. The van der Waals surface area contributed by atoms with Gasteiger partial charge in [-0.25, -0.2) is 4.98 Å². The Bertz CT molecular complexity index is 953. The first-order chi connectivity index (χ1) is 12.0. The first-order valence-electron chi connectivity index (χ1n) is 8.36. The maximum absolute atomic E-state index is 12.8. The molecule has 1 aliphatic rings. The third-order valence-electron chi connectivity index (χ3n) is 4.60. The summed E-state index contributed by atoms with van der Waals surface area (Å²) in [7, 11) is 0. The van der Waals surface area contributed by atoms with Crippen LogP contribution in [0.3, 0.4) is 0 Å². The van der Waals surface area contributed by atoms with Gasteiger partial charge in [0.1, 0.15) is 11.5 Å². The molecule has 3 aromatic heterocycles. The van der Waals surface area contributed by atoms with Crippen LogP contribution in [0.5, 0.6) is 0 Å². The molecular weight excluding hydrogens is 320 g/mol. The number of carbonyl (C=O) groups excluding carboxylic acids is 1. The minimum Gasteiger partial charge on any atom is -0.466 e. The molecule has 1 fully saturated rings. The van der Waals surface area contributed by atoms with Crippen molar-refractivity contribution in [3.05, 3.63) is 34.9 Å². The lowest BCUT2D eigenvalue weighted by molar-refractivity contribution is 0.0943. The first kappa shape index (κ1) is 15.8. The van der Waals surface area contributed by atoms with E-state index in [2.05, 4.69) is 20.8 Å². The Morgan fingerprint density at radius 3 is 2.76 bits per heavy atom. The van der Waals surface area contributed by atoms with Crippen LogP contribution in [0, 0.1) is 26.7 Å². The highest BCUT2D eigenvalue weighted by molar-refractivity contribution is 6.07. The molecule has 4 rings (SSSR count). The van der Waals surface area contributed by atoms with Crippen LogP contribution in [0.15, 0.2) is 21.1 Å². The van der Waals surface area contributed by atoms with Crippen molar-refractivity contribution in [2.75, 3.05) is 19.6 Å². The topological polar surface area (TPSA) is 93.2 Å². The quantitative estimate of drug-likeness (QED) is 0.757. The predicted molar refractivity (Wildman–Crippen MR) is 92.4 cm³/mol. The molecule has 3 aromatic rings. The zero-order chi connectivity index (χ0) is 17.6. The number of carbonyl (C=O) groups is 1. The minimum absolute atomic E-state index is 0.135. The molecular formula is C18H20N4O3. The Balaban J connectivity index is 1.76. The number of amides is 1. The van der Waals surface area contributed by atoms with Crippen molar-refractivity contribution in [3.63, 3.8) is 0 Å². The Morgan fingerprint density at radius 2 is 2.12 bits per heavy atom. The fraction of sp³-hybridized carbons (Fsp3) is 0.389. The lowest BCUT2D eigenvalue weighted by atomic mass is 10.0. The number of nitrogens with zero attached hydrogens (tertiary/aromatic N) is 2. The molecule has 0 unspecified atom stereocenters. The number of aromatic nitrogens is 2. The van der Waals surface area contributed by atoms with Gasteiger partial charge in [0.25, 0.3) is 11.6 Å². The van der Waals surface area contributed by atoms with Gasteiger partial charge in [0.15, 0.2) is 0 Å². The van der Waals surface area contributed by atoms with E-state index in [0.29, 0.717) is 40.5 Å². The molecule has 25 heavy (non-hydrogen) atoms. The number of hydrogen-bond donors (Lipinski definition) is 2. The molecule has 130 valence electrons. The van der Waals surface area contributed by atoms with Gasteiger partial charge in [0.05, 0.1) is 22.3 Å². The number of nitrogens with one attached hydrogen (secondary N) is 2. The number of aryl methyl sites for hydroxylation is 3. The van der Waals surface area contributed by atoms with E-state index < -0.39 is 0 Å².